The molecule has 0 bridgehead atoms. The van der Waals surface area contributed by atoms with E-state index in [1.165, 1.54) is 0 Å². The lowest BCUT2D eigenvalue weighted by molar-refractivity contribution is 0.396. The number of nitrogens with one attached hydrogen (secondary N) is 1. The lowest BCUT2D eigenvalue weighted by Gasteiger charge is -2.23. The minimum absolute atomic E-state index is 0.143. The van der Waals surface area contributed by atoms with Crippen molar-refractivity contribution < 1.29 is 0 Å². The zero-order valence-corrected chi connectivity index (χ0v) is 11.6. The first kappa shape index (κ1) is 14.8. The molecule has 0 saturated carbocycles. The van der Waals surface area contributed by atoms with Crippen LogP contribution >= 0.6 is 15.9 Å². The summed E-state index contributed by atoms with van der Waals surface area (Å²) in [7, 11) is 0. The molecule has 0 aliphatic rings. The van der Waals surface area contributed by atoms with Gasteiger partial charge in [0.1, 0.15) is 10.3 Å². The molecular formula is C11H22BrN3. The van der Waals surface area contributed by atoms with Crippen molar-refractivity contribution in [3.8, 4) is 0 Å². The highest BCUT2D eigenvalue weighted by molar-refractivity contribution is 9.18. The fourth-order valence-corrected chi connectivity index (χ4v) is 1.60. The molecule has 3 nitrogen and oxygen atoms in total. The van der Waals surface area contributed by atoms with Crippen LogP contribution in [0, 0.1) is 0 Å². The van der Waals surface area contributed by atoms with Crippen LogP contribution in [0.3, 0.4) is 0 Å². The second-order valence-electron chi connectivity index (χ2n) is 4.16. The van der Waals surface area contributed by atoms with Gasteiger partial charge in [-0.25, -0.2) is 0 Å². The van der Waals surface area contributed by atoms with Gasteiger partial charge in [0.05, 0.1) is 0 Å². The summed E-state index contributed by atoms with van der Waals surface area (Å²) in [5.41, 5.74) is 5.39. The Morgan fingerprint density at radius 1 is 1.60 bits per heavy atom. The van der Waals surface area contributed by atoms with Crippen molar-refractivity contribution in [3.63, 3.8) is 0 Å². The zero-order valence-electron chi connectivity index (χ0n) is 10.0. The van der Waals surface area contributed by atoms with E-state index >= 15 is 0 Å². The number of halogens is 1. The number of nitrogens with two attached hydrogens (primary N) is 1. The van der Waals surface area contributed by atoms with Gasteiger partial charge in [-0.2, -0.15) is 0 Å². The molecular weight excluding hydrogens is 254 g/mol. The van der Waals surface area contributed by atoms with Gasteiger partial charge in [0, 0.05) is 12.6 Å². The van der Waals surface area contributed by atoms with Crippen molar-refractivity contribution >= 4 is 20.6 Å². The first-order valence-corrected chi connectivity index (χ1v) is 6.09. The van der Waals surface area contributed by atoms with Crippen molar-refractivity contribution in [3.05, 3.63) is 12.2 Å². The van der Waals surface area contributed by atoms with Gasteiger partial charge in [-0.3, -0.25) is 10.3 Å². The molecule has 0 unspecified atom stereocenters. The van der Waals surface area contributed by atoms with E-state index in [0.29, 0.717) is 0 Å². The molecule has 3 N–H and O–H groups in total. The molecule has 0 spiro atoms. The molecule has 0 radical (unpaired) electrons. The normalized spacial score (nSPS) is 16.0. The molecule has 4 heteroatoms. The fraction of sp³-hybridized carbons (Fsp3) is 0.727. The van der Waals surface area contributed by atoms with Gasteiger partial charge in [0.2, 0.25) is 0 Å². The van der Waals surface area contributed by atoms with Crippen LogP contribution in [0.1, 0.15) is 34.1 Å². The molecule has 88 valence electrons. The maximum atomic E-state index is 5.67. The van der Waals surface area contributed by atoms with Crippen LogP contribution < -0.4 is 11.1 Å². The summed E-state index contributed by atoms with van der Waals surface area (Å²) in [5.74, 6) is 0. The van der Waals surface area contributed by atoms with Gasteiger partial charge in [0.15, 0.2) is 0 Å². The number of allylic oxidation sites excluding steroid dienone is 2. The van der Waals surface area contributed by atoms with E-state index in [4.69, 9.17) is 5.73 Å². The molecule has 0 rings (SSSR count). The van der Waals surface area contributed by atoms with Crippen LogP contribution in [0.25, 0.3) is 0 Å². The second-order valence-corrected chi connectivity index (χ2v) is 4.97. The van der Waals surface area contributed by atoms with Gasteiger partial charge in [0.25, 0.3) is 0 Å². The Balaban J connectivity index is 4.26. The maximum Gasteiger partial charge on any atom is 0.106 e. The van der Waals surface area contributed by atoms with E-state index in [1.807, 2.05) is 26.8 Å². The predicted molar refractivity (Wildman–Crippen MR) is 71.5 cm³/mol. The highest BCUT2D eigenvalue weighted by Gasteiger charge is 2.15. The number of aliphatic imine (C=N–C) groups is 1. The van der Waals surface area contributed by atoms with Crippen LogP contribution in [0.5, 0.6) is 0 Å². The Hall–Kier alpha value is -0.190. The Labute approximate surface area is 101 Å². The van der Waals surface area contributed by atoms with E-state index in [1.54, 1.807) is 0 Å². The maximum absolute atomic E-state index is 5.67. The van der Waals surface area contributed by atoms with E-state index in [9.17, 15) is 0 Å². The summed E-state index contributed by atoms with van der Waals surface area (Å²) in [4.78, 5) is 4.50. The molecule has 0 amide bonds. The first-order chi connectivity index (χ1) is 6.87. The highest BCUT2D eigenvalue weighted by Crippen LogP contribution is 2.08. The van der Waals surface area contributed by atoms with Crippen LogP contribution in [0.2, 0.25) is 0 Å². The van der Waals surface area contributed by atoms with Crippen molar-refractivity contribution in [1.82, 2.24) is 5.32 Å². The standard InChI is InChI=1S/C11H22BrN3/c1-5-6-7-10(12)15-11(3,4)14-8-9(2)13/h6-7,9,14H,5,8,13H2,1-4H3/b7-6-,15-10?/t9-/m1/s1. The lowest BCUT2D eigenvalue weighted by atomic mass is 10.2. The smallest absolute Gasteiger partial charge is 0.106 e. The van der Waals surface area contributed by atoms with Gasteiger partial charge < -0.3 is 5.73 Å². The Bertz CT molecular complexity index is 232. The Morgan fingerprint density at radius 2 is 2.20 bits per heavy atom. The molecule has 0 saturated heterocycles. The van der Waals surface area contributed by atoms with Crippen molar-refractivity contribution in [2.45, 2.75) is 45.8 Å². The fourth-order valence-electron chi connectivity index (χ4n) is 0.970. The third-order valence-corrected chi connectivity index (χ3v) is 2.18. The molecule has 0 aromatic carbocycles. The zero-order chi connectivity index (χ0) is 11.9. The summed E-state index contributed by atoms with van der Waals surface area (Å²) in [6.45, 7) is 8.87. The van der Waals surface area contributed by atoms with Crippen LogP contribution in [0.15, 0.2) is 17.1 Å². The van der Waals surface area contributed by atoms with Crippen molar-refractivity contribution in [2.75, 3.05) is 6.54 Å². The molecule has 1 atom stereocenters. The third-order valence-electron chi connectivity index (χ3n) is 1.73. The number of hydrogen-bond acceptors (Lipinski definition) is 3. The van der Waals surface area contributed by atoms with Gasteiger partial charge in [-0.1, -0.05) is 13.0 Å². The number of rotatable bonds is 6. The Morgan fingerprint density at radius 3 is 2.67 bits per heavy atom. The van der Waals surface area contributed by atoms with Crippen molar-refractivity contribution in [1.29, 1.82) is 0 Å². The predicted octanol–water partition coefficient (Wildman–Crippen LogP) is 2.42. The van der Waals surface area contributed by atoms with E-state index in [2.05, 4.69) is 39.2 Å². The summed E-state index contributed by atoms with van der Waals surface area (Å²) < 4.78 is 0.853. The van der Waals surface area contributed by atoms with E-state index in [0.717, 1.165) is 17.6 Å². The topological polar surface area (TPSA) is 50.4 Å². The Kier molecular flexibility index (Phi) is 7.05. The number of hydrogen-bond donors (Lipinski definition) is 2. The largest absolute Gasteiger partial charge is 0.327 e. The van der Waals surface area contributed by atoms with Crippen molar-refractivity contribution in [2.24, 2.45) is 10.7 Å². The molecule has 0 aliphatic carbocycles. The summed E-state index contributed by atoms with van der Waals surface area (Å²) in [5, 5.41) is 3.29. The van der Waals surface area contributed by atoms with Crippen LogP contribution in [0.4, 0.5) is 0 Å². The highest BCUT2D eigenvalue weighted by atomic mass is 79.9. The van der Waals surface area contributed by atoms with Crippen LogP contribution in [-0.4, -0.2) is 22.9 Å². The monoisotopic (exact) mass is 275 g/mol. The molecule has 0 heterocycles. The van der Waals surface area contributed by atoms with Crippen LogP contribution in [-0.2, 0) is 0 Å². The molecule has 15 heavy (non-hydrogen) atoms. The molecule has 0 aliphatic heterocycles. The lowest BCUT2D eigenvalue weighted by Crippen LogP contribution is -2.43. The summed E-state index contributed by atoms with van der Waals surface area (Å²) in [6.07, 6.45) is 5.04. The third kappa shape index (κ3) is 8.78. The van der Waals surface area contributed by atoms with Gasteiger partial charge in [-0.15, -0.1) is 0 Å². The van der Waals surface area contributed by atoms with E-state index in [-0.39, 0.29) is 11.7 Å². The number of nitrogens with zero attached hydrogens (tertiary/aromatic N) is 1. The minimum atomic E-state index is -0.287. The molecule has 0 aromatic heterocycles. The quantitative estimate of drug-likeness (QED) is 0.732. The van der Waals surface area contributed by atoms with Gasteiger partial charge in [-0.05, 0) is 49.2 Å². The summed E-state index contributed by atoms with van der Waals surface area (Å²) >= 11 is 3.41. The summed E-state index contributed by atoms with van der Waals surface area (Å²) in [6, 6.07) is 0.143. The molecule has 0 fully saturated rings. The SMILES string of the molecule is CC/C=C\C(Br)=NC(C)(C)NC[C@@H](C)N. The molecule has 0 aromatic rings. The average molecular weight is 276 g/mol. The van der Waals surface area contributed by atoms with E-state index < -0.39 is 0 Å². The van der Waals surface area contributed by atoms with Gasteiger partial charge >= 0.3 is 0 Å². The minimum Gasteiger partial charge on any atom is -0.327 e. The first-order valence-electron chi connectivity index (χ1n) is 5.30. The second kappa shape index (κ2) is 7.14. The average Bonchev–Trinajstić information content (AvgIpc) is 2.11.